The molecule has 1 aromatic heterocycles. The van der Waals surface area contributed by atoms with Gasteiger partial charge in [-0.2, -0.15) is 0 Å². The summed E-state index contributed by atoms with van der Waals surface area (Å²) in [6.07, 6.45) is 0.693. The van der Waals surface area contributed by atoms with Crippen molar-refractivity contribution in [2.75, 3.05) is 6.54 Å². The van der Waals surface area contributed by atoms with Crippen LogP contribution in [0.25, 0.3) is 0 Å². The molecule has 0 aliphatic carbocycles. The van der Waals surface area contributed by atoms with Crippen LogP contribution >= 0.6 is 11.3 Å². The summed E-state index contributed by atoms with van der Waals surface area (Å²) in [5, 5.41) is 2.67. The number of rotatable bonds is 4. The molecule has 2 amide bonds. The van der Waals surface area contributed by atoms with Gasteiger partial charge in [-0.15, -0.1) is 11.3 Å². The molecular formula is C22H18F2N2O2S. The van der Waals surface area contributed by atoms with E-state index in [9.17, 15) is 18.4 Å². The fourth-order valence-corrected chi connectivity index (χ4v) is 4.39. The van der Waals surface area contributed by atoms with Gasteiger partial charge in [0.25, 0.3) is 11.8 Å². The maximum Gasteiger partial charge on any atom is 0.261 e. The Morgan fingerprint density at radius 1 is 1.07 bits per heavy atom. The van der Waals surface area contributed by atoms with Gasteiger partial charge in [-0.05, 0) is 36.2 Å². The quantitative estimate of drug-likeness (QED) is 0.700. The summed E-state index contributed by atoms with van der Waals surface area (Å²) in [6.45, 7) is 1.04. The molecular weight excluding hydrogens is 394 g/mol. The van der Waals surface area contributed by atoms with Crippen LogP contribution in [-0.2, 0) is 19.5 Å². The van der Waals surface area contributed by atoms with E-state index in [0.29, 0.717) is 30.0 Å². The normalized spacial score (nSPS) is 13.1. The first-order valence-corrected chi connectivity index (χ1v) is 10.0. The number of halogens is 2. The summed E-state index contributed by atoms with van der Waals surface area (Å²) in [7, 11) is 0. The molecule has 4 nitrogen and oxygen atoms in total. The number of carbonyl (C=O) groups is 2. The first kappa shape index (κ1) is 19.3. The average Bonchev–Trinajstić information content (AvgIpc) is 3.16. The van der Waals surface area contributed by atoms with Gasteiger partial charge in [0.05, 0.1) is 4.88 Å². The minimum absolute atomic E-state index is 0.0217. The van der Waals surface area contributed by atoms with Crippen LogP contribution in [0, 0.1) is 11.6 Å². The first-order valence-electron chi connectivity index (χ1n) is 9.19. The SMILES string of the molecule is O=C(NCc1ccc(F)cc1F)c1cc2c(s1)CCN(C(=O)c1ccccc1)C2. The topological polar surface area (TPSA) is 49.4 Å². The molecule has 4 rings (SSSR count). The Morgan fingerprint density at radius 3 is 2.62 bits per heavy atom. The van der Waals surface area contributed by atoms with Crippen LogP contribution in [0.4, 0.5) is 8.78 Å². The first-order chi connectivity index (χ1) is 14.0. The number of hydrogen-bond donors (Lipinski definition) is 1. The Bertz CT molecular complexity index is 1070. The van der Waals surface area contributed by atoms with E-state index < -0.39 is 11.6 Å². The van der Waals surface area contributed by atoms with Gasteiger partial charge in [0.1, 0.15) is 11.6 Å². The summed E-state index contributed by atoms with van der Waals surface area (Å²) < 4.78 is 26.7. The lowest BCUT2D eigenvalue weighted by atomic mass is 10.1. The molecule has 0 radical (unpaired) electrons. The second-order valence-electron chi connectivity index (χ2n) is 6.82. The molecule has 0 atom stereocenters. The molecule has 0 saturated carbocycles. The van der Waals surface area contributed by atoms with Gasteiger partial charge in [0, 0.05) is 41.7 Å². The van der Waals surface area contributed by atoms with Crippen molar-refractivity contribution in [2.24, 2.45) is 0 Å². The fraction of sp³-hybridized carbons (Fsp3) is 0.182. The molecule has 0 unspecified atom stereocenters. The van der Waals surface area contributed by atoms with Gasteiger partial charge in [-0.1, -0.05) is 24.3 Å². The van der Waals surface area contributed by atoms with E-state index in [1.165, 1.54) is 17.4 Å². The third kappa shape index (κ3) is 4.19. The van der Waals surface area contributed by atoms with Crippen LogP contribution in [-0.4, -0.2) is 23.3 Å². The van der Waals surface area contributed by atoms with Crippen LogP contribution in [0.1, 0.15) is 36.0 Å². The summed E-state index contributed by atoms with van der Waals surface area (Å²) in [5.41, 5.74) is 1.83. The largest absolute Gasteiger partial charge is 0.347 e. The van der Waals surface area contributed by atoms with Crippen LogP contribution in [0.2, 0.25) is 0 Å². The molecule has 7 heteroatoms. The molecule has 1 aliphatic rings. The molecule has 1 N–H and O–H groups in total. The highest BCUT2D eigenvalue weighted by molar-refractivity contribution is 7.14. The van der Waals surface area contributed by atoms with Crippen molar-refractivity contribution >= 4 is 23.2 Å². The van der Waals surface area contributed by atoms with Gasteiger partial charge in [0.15, 0.2) is 0 Å². The number of benzene rings is 2. The van der Waals surface area contributed by atoms with E-state index in [-0.39, 0.29) is 23.9 Å². The zero-order valence-electron chi connectivity index (χ0n) is 15.5. The van der Waals surface area contributed by atoms with E-state index >= 15 is 0 Å². The van der Waals surface area contributed by atoms with Crippen molar-refractivity contribution in [1.29, 1.82) is 0 Å². The Kier molecular flexibility index (Phi) is 5.40. The summed E-state index contributed by atoms with van der Waals surface area (Å²) in [4.78, 5) is 28.5. The molecule has 1 aliphatic heterocycles. The number of hydrogen-bond acceptors (Lipinski definition) is 3. The van der Waals surface area contributed by atoms with Crippen LogP contribution in [0.15, 0.2) is 54.6 Å². The molecule has 148 valence electrons. The third-order valence-electron chi connectivity index (χ3n) is 4.85. The number of amides is 2. The predicted octanol–water partition coefficient (Wildman–Crippen LogP) is 4.15. The molecule has 29 heavy (non-hydrogen) atoms. The molecule has 2 aromatic carbocycles. The van der Waals surface area contributed by atoms with Gasteiger partial charge in [-0.25, -0.2) is 8.78 Å². The van der Waals surface area contributed by atoms with Crippen LogP contribution in [0.3, 0.4) is 0 Å². The second-order valence-corrected chi connectivity index (χ2v) is 7.96. The van der Waals surface area contributed by atoms with Crippen molar-refractivity contribution in [3.63, 3.8) is 0 Å². The lowest BCUT2D eigenvalue weighted by Crippen LogP contribution is -2.35. The van der Waals surface area contributed by atoms with E-state index in [2.05, 4.69) is 5.32 Å². The van der Waals surface area contributed by atoms with Crippen molar-refractivity contribution in [3.05, 3.63) is 92.7 Å². The Morgan fingerprint density at radius 2 is 1.86 bits per heavy atom. The zero-order chi connectivity index (χ0) is 20.4. The lowest BCUT2D eigenvalue weighted by molar-refractivity contribution is 0.0736. The molecule has 0 fully saturated rings. The Balaban J connectivity index is 1.42. The van der Waals surface area contributed by atoms with E-state index in [0.717, 1.165) is 22.6 Å². The average molecular weight is 412 g/mol. The molecule has 0 bridgehead atoms. The van der Waals surface area contributed by atoms with Crippen molar-refractivity contribution in [2.45, 2.75) is 19.5 Å². The van der Waals surface area contributed by atoms with Gasteiger partial charge < -0.3 is 10.2 Å². The number of thiophene rings is 1. The summed E-state index contributed by atoms with van der Waals surface area (Å²) >= 11 is 1.39. The number of nitrogens with one attached hydrogen (secondary N) is 1. The molecule has 0 spiro atoms. The highest BCUT2D eigenvalue weighted by atomic mass is 32.1. The van der Waals surface area contributed by atoms with E-state index in [1.807, 2.05) is 18.2 Å². The van der Waals surface area contributed by atoms with Gasteiger partial charge in [0.2, 0.25) is 0 Å². The third-order valence-corrected chi connectivity index (χ3v) is 6.09. The fourth-order valence-electron chi connectivity index (χ4n) is 3.31. The number of carbonyl (C=O) groups excluding carboxylic acids is 2. The van der Waals surface area contributed by atoms with Crippen molar-refractivity contribution < 1.29 is 18.4 Å². The zero-order valence-corrected chi connectivity index (χ0v) is 16.3. The minimum Gasteiger partial charge on any atom is -0.347 e. The van der Waals surface area contributed by atoms with Gasteiger partial charge in [-0.3, -0.25) is 9.59 Å². The highest BCUT2D eigenvalue weighted by Gasteiger charge is 2.25. The molecule has 0 saturated heterocycles. The Labute approximate surface area is 170 Å². The molecule has 3 aromatic rings. The van der Waals surface area contributed by atoms with Crippen LogP contribution < -0.4 is 5.32 Å². The highest BCUT2D eigenvalue weighted by Crippen LogP contribution is 2.29. The summed E-state index contributed by atoms with van der Waals surface area (Å²) in [5.74, 6) is -1.68. The maximum absolute atomic E-state index is 13.7. The minimum atomic E-state index is -0.689. The predicted molar refractivity (Wildman–Crippen MR) is 107 cm³/mol. The number of nitrogens with zero attached hydrogens (tertiary/aromatic N) is 1. The molecule has 2 heterocycles. The lowest BCUT2D eigenvalue weighted by Gasteiger charge is -2.27. The monoisotopic (exact) mass is 412 g/mol. The van der Waals surface area contributed by atoms with E-state index in [4.69, 9.17) is 0 Å². The standard InChI is InChI=1S/C22H18F2N2O2S/c23-17-7-6-15(18(24)11-17)12-25-21(27)20-10-16-13-26(9-8-19(16)29-20)22(28)14-4-2-1-3-5-14/h1-7,10-11H,8-9,12-13H2,(H,25,27). The van der Waals surface area contributed by atoms with Crippen LogP contribution in [0.5, 0.6) is 0 Å². The second kappa shape index (κ2) is 8.13. The summed E-state index contributed by atoms with van der Waals surface area (Å²) in [6, 6.07) is 14.2. The van der Waals surface area contributed by atoms with Gasteiger partial charge >= 0.3 is 0 Å². The van der Waals surface area contributed by atoms with E-state index in [1.54, 1.807) is 23.1 Å². The number of fused-ring (bicyclic) bond motifs is 1. The maximum atomic E-state index is 13.7. The smallest absolute Gasteiger partial charge is 0.261 e. The Hall–Kier alpha value is -3.06. The van der Waals surface area contributed by atoms with Crippen molar-refractivity contribution in [3.8, 4) is 0 Å². The van der Waals surface area contributed by atoms with Crippen molar-refractivity contribution in [1.82, 2.24) is 10.2 Å².